The van der Waals surface area contributed by atoms with E-state index in [9.17, 15) is 23.2 Å². The monoisotopic (exact) mass is 527 g/mol. The smallest absolute Gasteiger partial charge is 0.272 e. The largest absolute Gasteiger partial charge is 0.345 e. The average molecular weight is 528 g/mol. The number of hydrogen-bond donors (Lipinski definition) is 3. The molecule has 0 saturated carbocycles. The van der Waals surface area contributed by atoms with Gasteiger partial charge in [-0.3, -0.25) is 14.4 Å². The number of aromatic nitrogens is 4. The van der Waals surface area contributed by atoms with E-state index in [2.05, 4.69) is 25.6 Å². The number of piperidine rings is 1. The number of amides is 3. The Labute approximate surface area is 218 Å². The highest BCUT2D eigenvalue weighted by Gasteiger charge is 2.31. The van der Waals surface area contributed by atoms with Crippen LogP contribution in [0, 0.1) is 11.6 Å². The molecule has 12 heteroatoms. The van der Waals surface area contributed by atoms with E-state index < -0.39 is 35.5 Å². The summed E-state index contributed by atoms with van der Waals surface area (Å²) in [5.41, 5.74) is 0.562. The molecule has 0 spiro atoms. The minimum absolute atomic E-state index is 0.0544. The van der Waals surface area contributed by atoms with Gasteiger partial charge >= 0.3 is 0 Å². The van der Waals surface area contributed by atoms with Gasteiger partial charge in [-0.1, -0.05) is 0 Å². The van der Waals surface area contributed by atoms with Crippen molar-refractivity contribution in [3.05, 3.63) is 60.1 Å². The van der Waals surface area contributed by atoms with Crippen LogP contribution in [-0.4, -0.2) is 60.8 Å². The number of aromatic amines is 1. The van der Waals surface area contributed by atoms with Gasteiger partial charge in [0.25, 0.3) is 5.91 Å². The molecule has 1 saturated heterocycles. The lowest BCUT2D eigenvalue weighted by atomic mass is 10.0. The summed E-state index contributed by atoms with van der Waals surface area (Å²) in [7, 11) is 1.71. The second-order valence-corrected chi connectivity index (χ2v) is 9.62. The maximum absolute atomic E-state index is 14.2. The molecule has 1 aromatic carbocycles. The Kier molecular flexibility index (Phi) is 8.18. The normalized spacial score (nSPS) is 17.1. The Morgan fingerprint density at radius 3 is 2.66 bits per heavy atom. The molecule has 0 bridgehead atoms. The molecular formula is C26H31F2N7O3. The van der Waals surface area contributed by atoms with E-state index in [0.29, 0.717) is 18.1 Å². The quantitative estimate of drug-likeness (QED) is 0.416. The number of benzene rings is 1. The van der Waals surface area contributed by atoms with Crippen LogP contribution in [0.1, 0.15) is 61.9 Å². The molecule has 3 atom stereocenters. The van der Waals surface area contributed by atoms with Crippen LogP contribution in [0.2, 0.25) is 0 Å². The zero-order chi connectivity index (χ0) is 27.4. The summed E-state index contributed by atoms with van der Waals surface area (Å²) in [5.74, 6) is -2.50. The Morgan fingerprint density at radius 1 is 1.18 bits per heavy atom. The van der Waals surface area contributed by atoms with E-state index in [1.165, 1.54) is 24.8 Å². The first-order valence-corrected chi connectivity index (χ1v) is 12.5. The van der Waals surface area contributed by atoms with Crippen molar-refractivity contribution in [1.82, 2.24) is 35.1 Å². The summed E-state index contributed by atoms with van der Waals surface area (Å²) in [4.78, 5) is 52.1. The van der Waals surface area contributed by atoms with Gasteiger partial charge in [0, 0.05) is 37.5 Å². The number of nitrogens with one attached hydrogen (secondary N) is 3. The molecule has 1 aliphatic heterocycles. The minimum atomic E-state index is -1.16. The number of aryl methyl sites for hydroxylation is 1. The van der Waals surface area contributed by atoms with Gasteiger partial charge in [0.1, 0.15) is 29.2 Å². The molecule has 3 N–H and O–H groups in total. The van der Waals surface area contributed by atoms with Crippen molar-refractivity contribution in [2.75, 3.05) is 6.54 Å². The van der Waals surface area contributed by atoms with Gasteiger partial charge in [-0.15, -0.1) is 0 Å². The highest BCUT2D eigenvalue weighted by molar-refractivity contribution is 5.97. The van der Waals surface area contributed by atoms with Gasteiger partial charge in [-0.25, -0.2) is 18.7 Å². The molecule has 4 rings (SSSR count). The van der Waals surface area contributed by atoms with Crippen LogP contribution in [0.4, 0.5) is 8.78 Å². The third-order valence-corrected chi connectivity index (χ3v) is 6.65. The highest BCUT2D eigenvalue weighted by Crippen LogP contribution is 2.23. The van der Waals surface area contributed by atoms with Crippen molar-refractivity contribution in [2.45, 2.75) is 57.7 Å². The standard InChI is InChI=1S/C26H31F2N7O3/c1-15-6-4-5-9-35(15)23(36)11-20(33-26(38)22-13-34(3)14-30-22)25(37)31-16(2)24-29-12-21(32-24)18-8-7-17(27)10-19(18)28/h7-8,10,12-16,20H,4-6,9,11H2,1-3H3,(H,29,32)(H,31,37)(H,33,38)/t15?,16-,20?/m0/s1. The predicted molar refractivity (Wildman–Crippen MR) is 135 cm³/mol. The molecular weight excluding hydrogens is 496 g/mol. The zero-order valence-electron chi connectivity index (χ0n) is 21.5. The minimum Gasteiger partial charge on any atom is -0.345 e. The number of carbonyl (C=O) groups is 3. The maximum atomic E-state index is 14.2. The summed E-state index contributed by atoms with van der Waals surface area (Å²) >= 11 is 0. The number of H-pyrrole nitrogens is 1. The summed E-state index contributed by atoms with van der Waals surface area (Å²) in [5, 5.41) is 5.41. The van der Waals surface area contributed by atoms with E-state index in [4.69, 9.17) is 0 Å². The number of hydrogen-bond acceptors (Lipinski definition) is 5. The van der Waals surface area contributed by atoms with Gasteiger partial charge < -0.3 is 25.1 Å². The predicted octanol–water partition coefficient (Wildman–Crippen LogP) is 2.86. The molecule has 0 radical (unpaired) electrons. The van der Waals surface area contributed by atoms with Crippen LogP contribution in [0.15, 0.2) is 36.9 Å². The third-order valence-electron chi connectivity index (χ3n) is 6.65. The molecule has 1 aliphatic rings. The number of rotatable bonds is 8. The zero-order valence-corrected chi connectivity index (χ0v) is 21.5. The van der Waals surface area contributed by atoms with Crippen molar-refractivity contribution in [3.8, 4) is 11.3 Å². The summed E-state index contributed by atoms with van der Waals surface area (Å²) in [6.45, 7) is 4.24. The van der Waals surface area contributed by atoms with Crippen LogP contribution >= 0.6 is 0 Å². The molecule has 1 fully saturated rings. The first-order valence-electron chi connectivity index (χ1n) is 12.5. The molecule has 0 aliphatic carbocycles. The SMILES string of the molecule is CC1CCCCN1C(=O)CC(NC(=O)c1cn(C)cn1)C(=O)N[C@@H](C)c1ncc(-c2ccc(F)cc2F)[nH]1. The van der Waals surface area contributed by atoms with Crippen LogP contribution < -0.4 is 10.6 Å². The topological polar surface area (TPSA) is 125 Å². The van der Waals surface area contributed by atoms with Gasteiger partial charge in [0.2, 0.25) is 11.8 Å². The number of likely N-dealkylation sites (tertiary alicyclic amines) is 1. The molecule has 2 unspecified atom stereocenters. The Hall–Kier alpha value is -4.09. The van der Waals surface area contributed by atoms with Crippen molar-refractivity contribution in [3.63, 3.8) is 0 Å². The van der Waals surface area contributed by atoms with Crippen LogP contribution in [0.25, 0.3) is 11.3 Å². The fourth-order valence-corrected chi connectivity index (χ4v) is 4.52. The molecule has 10 nitrogen and oxygen atoms in total. The Balaban J connectivity index is 1.49. The second kappa shape index (κ2) is 11.5. The molecule has 38 heavy (non-hydrogen) atoms. The van der Waals surface area contributed by atoms with E-state index in [1.807, 2.05) is 6.92 Å². The third kappa shape index (κ3) is 6.24. The van der Waals surface area contributed by atoms with Gasteiger partial charge in [0.15, 0.2) is 0 Å². The summed E-state index contributed by atoms with van der Waals surface area (Å²) in [6.07, 6.45) is 6.96. The number of halogens is 2. The lowest BCUT2D eigenvalue weighted by Crippen LogP contribution is -2.51. The lowest BCUT2D eigenvalue weighted by molar-refractivity contribution is -0.137. The number of nitrogens with zero attached hydrogens (tertiary/aromatic N) is 4. The van der Waals surface area contributed by atoms with Crippen molar-refractivity contribution in [1.29, 1.82) is 0 Å². The highest BCUT2D eigenvalue weighted by atomic mass is 19.1. The lowest BCUT2D eigenvalue weighted by Gasteiger charge is -2.34. The van der Waals surface area contributed by atoms with Crippen LogP contribution in [0.3, 0.4) is 0 Å². The van der Waals surface area contributed by atoms with Gasteiger partial charge in [0.05, 0.1) is 30.7 Å². The van der Waals surface area contributed by atoms with E-state index in [0.717, 1.165) is 31.4 Å². The van der Waals surface area contributed by atoms with E-state index in [-0.39, 0.29) is 29.6 Å². The molecule has 2 aromatic heterocycles. The van der Waals surface area contributed by atoms with Crippen LogP contribution in [-0.2, 0) is 16.6 Å². The van der Waals surface area contributed by atoms with E-state index in [1.54, 1.807) is 23.4 Å². The molecule has 3 aromatic rings. The molecule has 3 heterocycles. The first-order chi connectivity index (χ1) is 18.1. The van der Waals surface area contributed by atoms with Crippen molar-refractivity contribution in [2.24, 2.45) is 7.05 Å². The van der Waals surface area contributed by atoms with Gasteiger partial charge in [-0.05, 0) is 45.2 Å². The van der Waals surface area contributed by atoms with E-state index >= 15 is 0 Å². The molecule has 3 amide bonds. The van der Waals surface area contributed by atoms with Crippen LogP contribution in [0.5, 0.6) is 0 Å². The van der Waals surface area contributed by atoms with Crippen molar-refractivity contribution >= 4 is 17.7 Å². The van der Waals surface area contributed by atoms with Gasteiger partial charge in [-0.2, -0.15) is 0 Å². The fraction of sp³-hybridized carbons (Fsp3) is 0.423. The maximum Gasteiger partial charge on any atom is 0.272 e. The van der Waals surface area contributed by atoms with Crippen molar-refractivity contribution < 1.29 is 23.2 Å². The number of carbonyl (C=O) groups excluding carboxylic acids is 3. The molecule has 202 valence electrons. The summed E-state index contributed by atoms with van der Waals surface area (Å²) < 4.78 is 29.1. The Morgan fingerprint density at radius 2 is 1.97 bits per heavy atom. The fourth-order valence-electron chi connectivity index (χ4n) is 4.52. The first kappa shape index (κ1) is 27.0. The second-order valence-electron chi connectivity index (χ2n) is 9.62. The Bertz CT molecular complexity index is 1320. The number of imidazole rings is 2. The average Bonchev–Trinajstić information content (AvgIpc) is 3.53. The summed E-state index contributed by atoms with van der Waals surface area (Å²) in [6, 6.07) is 1.44.